The van der Waals surface area contributed by atoms with Gasteiger partial charge in [0, 0.05) is 18.3 Å². The van der Waals surface area contributed by atoms with Crippen molar-refractivity contribution in [2.24, 2.45) is 17.0 Å². The van der Waals surface area contributed by atoms with Crippen molar-refractivity contribution in [2.45, 2.75) is 50.6 Å². The molecule has 0 spiro atoms. The molecule has 1 fully saturated rings. The molecule has 0 radical (unpaired) electrons. The lowest BCUT2D eigenvalue weighted by Gasteiger charge is -2.41. The summed E-state index contributed by atoms with van der Waals surface area (Å²) in [5.41, 5.74) is 1.59. The highest BCUT2D eigenvalue weighted by atomic mass is 32.2. The fourth-order valence-corrected chi connectivity index (χ4v) is 5.26. The molecule has 8 nitrogen and oxygen atoms in total. The van der Waals surface area contributed by atoms with E-state index in [1.807, 2.05) is 18.2 Å². The van der Waals surface area contributed by atoms with Crippen LogP contribution in [0.25, 0.3) is 0 Å². The Morgan fingerprint density at radius 2 is 1.82 bits per heavy atom. The molecule has 2 aromatic rings. The predicted molar refractivity (Wildman–Crippen MR) is 125 cm³/mol. The van der Waals surface area contributed by atoms with E-state index in [2.05, 4.69) is 24.1 Å². The zero-order chi connectivity index (χ0) is 23.6. The molecule has 3 N–H and O–H groups in total. The van der Waals surface area contributed by atoms with Gasteiger partial charge in [-0.3, -0.25) is 9.69 Å². The van der Waals surface area contributed by atoms with Crippen molar-refractivity contribution in [1.82, 2.24) is 4.90 Å². The second kappa shape index (κ2) is 9.70. The molecule has 0 saturated heterocycles. The Morgan fingerprint density at radius 1 is 1.09 bits per heavy atom. The lowest BCUT2D eigenvalue weighted by atomic mass is 9.77. The number of amides is 1. The van der Waals surface area contributed by atoms with E-state index in [4.69, 9.17) is 14.6 Å². The van der Waals surface area contributed by atoms with E-state index < -0.39 is 10.0 Å². The Balaban J connectivity index is 1.49. The van der Waals surface area contributed by atoms with Gasteiger partial charge in [-0.1, -0.05) is 32.8 Å². The average molecular weight is 474 g/mol. The number of nitrogens with two attached hydrogens (primary N) is 1. The second-order valence-electron chi connectivity index (χ2n) is 9.04. The van der Waals surface area contributed by atoms with Gasteiger partial charge in [0.1, 0.15) is 0 Å². The summed E-state index contributed by atoms with van der Waals surface area (Å²) < 4.78 is 33.9. The summed E-state index contributed by atoms with van der Waals surface area (Å²) >= 11 is 0. The van der Waals surface area contributed by atoms with Crippen molar-refractivity contribution >= 4 is 21.6 Å². The van der Waals surface area contributed by atoms with Crippen LogP contribution in [0.2, 0.25) is 0 Å². The summed E-state index contributed by atoms with van der Waals surface area (Å²) in [4.78, 5) is 15.2. The summed E-state index contributed by atoms with van der Waals surface area (Å²) in [5.74, 6) is 2.39. The smallest absolute Gasteiger partial charge is 0.238 e. The molecular formula is C24H31N3O5S. The third-order valence-electron chi connectivity index (χ3n) is 6.77. The summed E-state index contributed by atoms with van der Waals surface area (Å²) in [6, 6.07) is 12.1. The first-order valence-electron chi connectivity index (χ1n) is 11.3. The fourth-order valence-electron chi connectivity index (χ4n) is 4.75. The van der Waals surface area contributed by atoms with Gasteiger partial charge in [0.2, 0.25) is 22.7 Å². The lowest BCUT2D eigenvalue weighted by molar-refractivity contribution is -0.118. The van der Waals surface area contributed by atoms with Crippen molar-refractivity contribution in [3.63, 3.8) is 0 Å². The molecule has 1 amide bonds. The minimum absolute atomic E-state index is 0.00921. The molecule has 0 aromatic heterocycles. The Kier molecular flexibility index (Phi) is 6.92. The van der Waals surface area contributed by atoms with E-state index in [0.29, 0.717) is 24.1 Å². The van der Waals surface area contributed by atoms with Gasteiger partial charge in [-0.15, -0.1) is 0 Å². The second-order valence-corrected chi connectivity index (χ2v) is 10.6. The van der Waals surface area contributed by atoms with Gasteiger partial charge in [0.25, 0.3) is 0 Å². The van der Waals surface area contributed by atoms with Gasteiger partial charge in [0.15, 0.2) is 11.5 Å². The van der Waals surface area contributed by atoms with Gasteiger partial charge in [0.05, 0.1) is 11.4 Å². The Hall–Kier alpha value is -2.62. The Bertz CT molecular complexity index is 1100. The number of benzene rings is 2. The Morgan fingerprint density at radius 3 is 2.55 bits per heavy atom. The summed E-state index contributed by atoms with van der Waals surface area (Å²) in [6.45, 7) is 5.63. The molecule has 2 aromatic carbocycles. The quantitative estimate of drug-likeness (QED) is 0.638. The third-order valence-corrected chi connectivity index (χ3v) is 7.70. The minimum atomic E-state index is -3.77. The SMILES string of the molecule is CC1CCCC(N(CC(=O)Nc2ccc(S(N)(=O)=O)cc2)Cc2ccc3c(c2)OCO3)C1C. The first-order chi connectivity index (χ1) is 15.7. The Labute approximate surface area is 195 Å². The number of hydrogen-bond donors (Lipinski definition) is 2. The molecule has 1 heterocycles. The lowest BCUT2D eigenvalue weighted by Crippen LogP contribution is -2.46. The number of sulfonamides is 1. The normalized spacial score (nSPS) is 22.4. The summed E-state index contributed by atoms with van der Waals surface area (Å²) in [6.07, 6.45) is 3.40. The molecule has 3 atom stereocenters. The highest BCUT2D eigenvalue weighted by molar-refractivity contribution is 7.89. The van der Waals surface area contributed by atoms with Crippen molar-refractivity contribution in [1.29, 1.82) is 0 Å². The van der Waals surface area contributed by atoms with E-state index in [1.165, 1.54) is 18.6 Å². The molecule has 1 saturated carbocycles. The monoisotopic (exact) mass is 473 g/mol. The molecular weight excluding hydrogens is 442 g/mol. The molecule has 0 bridgehead atoms. The number of hydrogen-bond acceptors (Lipinski definition) is 6. The van der Waals surface area contributed by atoms with Crippen LogP contribution >= 0.6 is 0 Å². The number of fused-ring (bicyclic) bond motifs is 1. The van der Waals surface area contributed by atoms with Gasteiger partial charge in [-0.05, 0) is 60.2 Å². The molecule has 33 heavy (non-hydrogen) atoms. The number of anilines is 1. The number of rotatable bonds is 7. The van der Waals surface area contributed by atoms with E-state index in [-0.39, 0.29) is 30.2 Å². The van der Waals surface area contributed by atoms with Crippen LogP contribution in [-0.2, 0) is 21.4 Å². The molecule has 3 unspecified atom stereocenters. The summed E-state index contributed by atoms with van der Waals surface area (Å²) in [5, 5.41) is 8.03. The van der Waals surface area contributed by atoms with E-state index >= 15 is 0 Å². The number of primary sulfonamides is 1. The molecule has 178 valence electrons. The largest absolute Gasteiger partial charge is 0.454 e. The molecule has 4 rings (SSSR count). The van der Waals surface area contributed by atoms with E-state index in [1.54, 1.807) is 12.1 Å². The first-order valence-corrected chi connectivity index (χ1v) is 12.8. The van der Waals surface area contributed by atoms with Gasteiger partial charge in [-0.2, -0.15) is 0 Å². The van der Waals surface area contributed by atoms with Crippen LogP contribution < -0.4 is 19.9 Å². The van der Waals surface area contributed by atoms with Crippen LogP contribution in [0.3, 0.4) is 0 Å². The van der Waals surface area contributed by atoms with Crippen LogP contribution in [0.15, 0.2) is 47.4 Å². The van der Waals surface area contributed by atoms with Crippen molar-refractivity contribution < 1.29 is 22.7 Å². The van der Waals surface area contributed by atoms with Gasteiger partial charge < -0.3 is 14.8 Å². The average Bonchev–Trinajstić information content (AvgIpc) is 3.23. The first kappa shape index (κ1) is 23.5. The van der Waals surface area contributed by atoms with Crippen LogP contribution in [-0.4, -0.2) is 38.6 Å². The van der Waals surface area contributed by atoms with Crippen LogP contribution in [0.4, 0.5) is 5.69 Å². The van der Waals surface area contributed by atoms with Crippen LogP contribution in [0, 0.1) is 11.8 Å². The molecule has 1 aliphatic carbocycles. The topological polar surface area (TPSA) is 111 Å². The molecule has 1 aliphatic heterocycles. The summed E-state index contributed by atoms with van der Waals surface area (Å²) in [7, 11) is -3.77. The zero-order valence-corrected chi connectivity index (χ0v) is 19.8. The zero-order valence-electron chi connectivity index (χ0n) is 19.0. The fraction of sp³-hybridized carbons (Fsp3) is 0.458. The van der Waals surface area contributed by atoms with Gasteiger partial charge in [-0.25, -0.2) is 13.6 Å². The molecule has 2 aliphatic rings. The van der Waals surface area contributed by atoms with Crippen molar-refractivity contribution in [2.75, 3.05) is 18.7 Å². The van der Waals surface area contributed by atoms with Crippen LogP contribution in [0.1, 0.15) is 38.7 Å². The van der Waals surface area contributed by atoms with E-state index in [9.17, 15) is 13.2 Å². The van der Waals surface area contributed by atoms with Crippen molar-refractivity contribution in [3.8, 4) is 11.5 Å². The van der Waals surface area contributed by atoms with Gasteiger partial charge >= 0.3 is 0 Å². The molecule has 9 heteroatoms. The van der Waals surface area contributed by atoms with Crippen LogP contribution in [0.5, 0.6) is 11.5 Å². The maximum absolute atomic E-state index is 13.0. The standard InChI is InChI=1S/C24H31N3O5S/c1-16-4-3-5-21(17(16)2)27(13-18-6-11-22-23(12-18)32-15-31-22)14-24(28)26-19-7-9-20(10-8-19)33(25,29)30/h6-12,16-17,21H,3-5,13-15H2,1-2H3,(H,26,28)(H2,25,29,30). The number of carbonyl (C=O) groups is 1. The highest BCUT2D eigenvalue weighted by Gasteiger charge is 2.32. The number of nitrogens with zero attached hydrogens (tertiary/aromatic N) is 1. The predicted octanol–water partition coefficient (Wildman–Crippen LogP) is 3.33. The minimum Gasteiger partial charge on any atom is -0.454 e. The maximum atomic E-state index is 13.0. The maximum Gasteiger partial charge on any atom is 0.238 e. The number of ether oxygens (including phenoxy) is 2. The van der Waals surface area contributed by atoms with Crippen molar-refractivity contribution in [3.05, 3.63) is 48.0 Å². The van der Waals surface area contributed by atoms with E-state index in [0.717, 1.165) is 29.9 Å². The highest BCUT2D eigenvalue weighted by Crippen LogP contribution is 2.36. The third kappa shape index (κ3) is 5.66. The number of nitrogens with one attached hydrogen (secondary N) is 1. The number of carbonyl (C=O) groups excluding carboxylic acids is 1.